The van der Waals surface area contributed by atoms with Gasteiger partial charge in [-0.1, -0.05) is 19.1 Å². The molecule has 1 unspecified atom stereocenters. The van der Waals surface area contributed by atoms with Crippen LogP contribution in [0.1, 0.15) is 36.2 Å². The van der Waals surface area contributed by atoms with E-state index in [1.54, 1.807) is 10.9 Å². The van der Waals surface area contributed by atoms with Crippen LogP contribution in [0.15, 0.2) is 47.8 Å². The van der Waals surface area contributed by atoms with Crippen LogP contribution >= 0.6 is 0 Å². The molecule has 3 aromatic rings. The minimum absolute atomic E-state index is 0.240. The number of hydrogen-bond acceptors (Lipinski definition) is 5. The second-order valence-corrected chi connectivity index (χ2v) is 6.84. The summed E-state index contributed by atoms with van der Waals surface area (Å²) in [5.74, 6) is 0.594. The van der Waals surface area contributed by atoms with Crippen molar-refractivity contribution in [3.63, 3.8) is 0 Å². The van der Waals surface area contributed by atoms with Gasteiger partial charge in [-0.25, -0.2) is 4.98 Å². The molecule has 29 heavy (non-hydrogen) atoms. The third-order valence-electron chi connectivity index (χ3n) is 4.76. The maximum absolute atomic E-state index is 12.7. The number of nitrogens with one attached hydrogen (secondary N) is 2. The summed E-state index contributed by atoms with van der Waals surface area (Å²) in [6.45, 7) is 3.08. The first kappa shape index (κ1) is 19.0. The van der Waals surface area contributed by atoms with Gasteiger partial charge in [-0.05, 0) is 24.1 Å². The SMILES string of the molecule is CCCN1c2nc[nH]c(=O)c2NC1c1cnn(Cc2ccc(C(F)(F)F)cc2)c1. The molecule has 2 aromatic heterocycles. The van der Waals surface area contributed by atoms with Gasteiger partial charge in [0, 0.05) is 18.3 Å². The zero-order valence-electron chi connectivity index (χ0n) is 15.6. The number of aromatic nitrogens is 4. The monoisotopic (exact) mass is 404 g/mol. The van der Waals surface area contributed by atoms with Gasteiger partial charge in [-0.2, -0.15) is 18.3 Å². The Hall–Kier alpha value is -3.30. The molecule has 7 nitrogen and oxygen atoms in total. The van der Waals surface area contributed by atoms with Crippen molar-refractivity contribution >= 4 is 11.5 Å². The van der Waals surface area contributed by atoms with E-state index in [-0.39, 0.29) is 11.7 Å². The molecule has 0 aliphatic carbocycles. The molecule has 2 N–H and O–H groups in total. The van der Waals surface area contributed by atoms with Crippen LogP contribution in [0, 0.1) is 0 Å². The highest BCUT2D eigenvalue weighted by Gasteiger charge is 2.33. The number of hydrogen-bond donors (Lipinski definition) is 2. The van der Waals surface area contributed by atoms with Crippen molar-refractivity contribution in [3.8, 4) is 0 Å². The van der Waals surface area contributed by atoms with Gasteiger partial charge >= 0.3 is 6.18 Å². The summed E-state index contributed by atoms with van der Waals surface area (Å²) < 4.78 is 39.8. The van der Waals surface area contributed by atoms with Gasteiger partial charge in [0.25, 0.3) is 5.56 Å². The van der Waals surface area contributed by atoms with Crippen LogP contribution in [-0.4, -0.2) is 26.3 Å². The Labute approximate surface area is 164 Å². The number of rotatable bonds is 5. The summed E-state index contributed by atoms with van der Waals surface area (Å²) >= 11 is 0. The molecular weight excluding hydrogens is 385 g/mol. The van der Waals surface area contributed by atoms with Crippen molar-refractivity contribution < 1.29 is 13.2 Å². The van der Waals surface area contributed by atoms with Crippen LogP contribution in [0.5, 0.6) is 0 Å². The summed E-state index contributed by atoms with van der Waals surface area (Å²) in [6.07, 6.45) is 1.10. The minimum atomic E-state index is -4.35. The van der Waals surface area contributed by atoms with Crippen LogP contribution in [-0.2, 0) is 12.7 Å². The number of anilines is 2. The summed E-state index contributed by atoms with van der Waals surface area (Å²) in [5.41, 5.74) is 1.04. The van der Waals surface area contributed by atoms with Gasteiger partial charge < -0.3 is 15.2 Å². The summed E-state index contributed by atoms with van der Waals surface area (Å²) in [4.78, 5) is 21.0. The Morgan fingerprint density at radius 2 is 1.97 bits per heavy atom. The number of aromatic amines is 1. The van der Waals surface area contributed by atoms with Gasteiger partial charge in [-0.15, -0.1) is 0 Å². The topological polar surface area (TPSA) is 78.8 Å². The zero-order valence-corrected chi connectivity index (χ0v) is 15.6. The Balaban J connectivity index is 1.54. The molecule has 0 fully saturated rings. The van der Waals surface area contributed by atoms with Crippen LogP contribution < -0.4 is 15.8 Å². The standard InChI is InChI=1S/C19H19F3N6O/c1-2-7-28-16(26-15-17(28)23-11-24-18(15)29)13-8-25-27(10-13)9-12-3-5-14(6-4-12)19(20,21)22/h3-6,8,10-11,16,26H,2,7,9H2,1H3,(H,23,24,29). The molecule has 1 aromatic carbocycles. The summed E-state index contributed by atoms with van der Waals surface area (Å²) in [5, 5.41) is 7.53. The summed E-state index contributed by atoms with van der Waals surface area (Å²) in [6, 6.07) is 5.02. The minimum Gasteiger partial charge on any atom is -0.354 e. The fourth-order valence-corrected chi connectivity index (χ4v) is 3.41. The zero-order chi connectivity index (χ0) is 20.6. The number of benzene rings is 1. The molecule has 0 bridgehead atoms. The van der Waals surface area contributed by atoms with Gasteiger partial charge in [0.1, 0.15) is 11.9 Å². The number of nitrogens with zero attached hydrogens (tertiary/aromatic N) is 4. The maximum Gasteiger partial charge on any atom is 0.416 e. The number of fused-ring (bicyclic) bond motifs is 1. The van der Waals surface area contributed by atoms with Crippen molar-refractivity contribution in [2.75, 3.05) is 16.8 Å². The highest BCUT2D eigenvalue weighted by atomic mass is 19.4. The molecule has 1 atom stereocenters. The summed E-state index contributed by atoms with van der Waals surface area (Å²) in [7, 11) is 0. The molecule has 1 aliphatic heterocycles. The largest absolute Gasteiger partial charge is 0.416 e. The molecule has 0 saturated carbocycles. The van der Waals surface area contributed by atoms with Gasteiger partial charge in [0.15, 0.2) is 5.82 Å². The molecule has 1 aliphatic rings. The smallest absolute Gasteiger partial charge is 0.354 e. The number of alkyl halides is 3. The first-order valence-electron chi connectivity index (χ1n) is 9.16. The molecule has 10 heteroatoms. The fraction of sp³-hybridized carbons (Fsp3) is 0.316. The van der Waals surface area contributed by atoms with E-state index < -0.39 is 11.7 Å². The lowest BCUT2D eigenvalue weighted by molar-refractivity contribution is -0.137. The molecule has 0 spiro atoms. The third-order valence-corrected chi connectivity index (χ3v) is 4.76. The van der Waals surface area contributed by atoms with E-state index in [4.69, 9.17) is 0 Å². The van der Waals surface area contributed by atoms with E-state index >= 15 is 0 Å². The Bertz CT molecular complexity index is 1060. The average Bonchev–Trinajstić information content (AvgIpc) is 3.28. The molecule has 4 rings (SSSR count). The lowest BCUT2D eigenvalue weighted by Crippen LogP contribution is -2.29. The second-order valence-electron chi connectivity index (χ2n) is 6.84. The van der Waals surface area contributed by atoms with Gasteiger partial charge in [-0.3, -0.25) is 9.48 Å². The van der Waals surface area contributed by atoms with Crippen molar-refractivity contribution in [3.05, 3.63) is 70.0 Å². The molecule has 152 valence electrons. The van der Waals surface area contributed by atoms with Crippen LogP contribution in [0.3, 0.4) is 0 Å². The first-order chi connectivity index (χ1) is 13.9. The van der Waals surface area contributed by atoms with Crippen molar-refractivity contribution in [1.29, 1.82) is 0 Å². The highest BCUT2D eigenvalue weighted by molar-refractivity contribution is 5.71. The van der Waals surface area contributed by atoms with Crippen LogP contribution in [0.25, 0.3) is 0 Å². The van der Waals surface area contributed by atoms with E-state index in [2.05, 4.69) is 20.4 Å². The Morgan fingerprint density at radius 1 is 1.21 bits per heavy atom. The number of halogens is 3. The maximum atomic E-state index is 12.7. The fourth-order valence-electron chi connectivity index (χ4n) is 3.41. The van der Waals surface area contributed by atoms with Crippen molar-refractivity contribution in [1.82, 2.24) is 19.7 Å². The molecular formula is C19H19F3N6O. The van der Waals surface area contributed by atoms with Crippen LogP contribution in [0.2, 0.25) is 0 Å². The quantitative estimate of drug-likeness (QED) is 0.682. The Morgan fingerprint density at radius 3 is 2.66 bits per heavy atom. The van der Waals surface area contributed by atoms with Gasteiger partial charge in [0.05, 0.1) is 24.6 Å². The normalized spacial score (nSPS) is 16.0. The predicted octanol–water partition coefficient (Wildman–Crippen LogP) is 3.37. The molecule has 0 saturated heterocycles. The highest BCUT2D eigenvalue weighted by Crippen LogP contribution is 2.37. The average molecular weight is 404 g/mol. The first-order valence-corrected chi connectivity index (χ1v) is 9.16. The van der Waals surface area contributed by atoms with Gasteiger partial charge in [0.2, 0.25) is 0 Å². The molecule has 3 heterocycles. The van der Waals surface area contributed by atoms with Crippen molar-refractivity contribution in [2.45, 2.75) is 32.2 Å². The van der Waals surface area contributed by atoms with Crippen LogP contribution in [0.4, 0.5) is 24.7 Å². The lowest BCUT2D eigenvalue weighted by atomic mass is 10.1. The Kier molecular flexibility index (Phi) is 4.77. The lowest BCUT2D eigenvalue weighted by Gasteiger charge is -2.24. The van der Waals surface area contributed by atoms with E-state index in [1.807, 2.05) is 18.0 Å². The molecule has 0 radical (unpaired) electrons. The third kappa shape index (κ3) is 3.69. The predicted molar refractivity (Wildman–Crippen MR) is 102 cm³/mol. The van der Waals surface area contributed by atoms with E-state index in [0.717, 1.165) is 24.1 Å². The van der Waals surface area contributed by atoms with E-state index in [0.29, 0.717) is 30.2 Å². The second kappa shape index (κ2) is 7.26. The van der Waals surface area contributed by atoms with E-state index in [9.17, 15) is 18.0 Å². The number of H-pyrrole nitrogens is 1. The molecule has 0 amide bonds. The van der Waals surface area contributed by atoms with E-state index in [1.165, 1.54) is 18.5 Å². The van der Waals surface area contributed by atoms with Crippen molar-refractivity contribution in [2.24, 2.45) is 0 Å².